The summed E-state index contributed by atoms with van der Waals surface area (Å²) in [5.41, 5.74) is 2.50. The zero-order valence-electron chi connectivity index (χ0n) is 18.0. The van der Waals surface area contributed by atoms with Crippen molar-refractivity contribution in [2.75, 3.05) is 0 Å². The molecule has 0 N–H and O–H groups in total. The molecular weight excluding hydrogens is 444 g/mol. The first kappa shape index (κ1) is 22.1. The summed E-state index contributed by atoms with van der Waals surface area (Å²) in [6, 6.07) is 18.6. The van der Waals surface area contributed by atoms with Crippen molar-refractivity contribution in [1.82, 2.24) is 5.01 Å². The third kappa shape index (κ3) is 3.81. The molecule has 34 heavy (non-hydrogen) atoms. The molecule has 0 radical (unpaired) electrons. The van der Waals surface area contributed by atoms with Crippen molar-refractivity contribution in [1.29, 1.82) is 0 Å². The minimum absolute atomic E-state index is 0.173. The lowest BCUT2D eigenvalue weighted by atomic mass is 9.77. The summed E-state index contributed by atoms with van der Waals surface area (Å²) in [5, 5.41) is 5.66. The van der Waals surface area contributed by atoms with Crippen molar-refractivity contribution in [3.05, 3.63) is 112 Å². The van der Waals surface area contributed by atoms with Crippen molar-refractivity contribution in [3.63, 3.8) is 0 Å². The first-order valence-corrected chi connectivity index (χ1v) is 11.0. The Labute approximate surface area is 194 Å². The molecule has 172 valence electrons. The Hall–Kier alpha value is -3.74. The summed E-state index contributed by atoms with van der Waals surface area (Å²) < 4.78 is 55.8. The van der Waals surface area contributed by atoms with Crippen LogP contribution in [0.25, 0.3) is 6.08 Å². The summed E-state index contributed by atoms with van der Waals surface area (Å²) in [6.07, 6.45) is 4.37. The van der Waals surface area contributed by atoms with E-state index in [0.29, 0.717) is 11.8 Å². The van der Waals surface area contributed by atoms with Gasteiger partial charge >= 0.3 is 0 Å². The molecule has 0 spiro atoms. The van der Waals surface area contributed by atoms with E-state index in [0.717, 1.165) is 41.0 Å². The van der Waals surface area contributed by atoms with E-state index in [9.17, 15) is 22.4 Å². The van der Waals surface area contributed by atoms with Gasteiger partial charge in [-0.15, -0.1) is 0 Å². The Morgan fingerprint density at radius 2 is 1.59 bits per heavy atom. The molecule has 7 heteroatoms. The standard InChI is InChI=1S/C27H20F4N2O/c28-21-15-20(22(29)24(31)23(21)30)27(34)33-26(17-10-5-2-6-11-17)19-13-7-12-18(25(19)32-33)14-16-8-3-1-4-9-16/h1-6,8-11,14-15,19,26H,7,12-13H2/b18-14-/t19-,26-/m1/s1. The van der Waals surface area contributed by atoms with Gasteiger partial charge in [0, 0.05) is 5.92 Å². The van der Waals surface area contributed by atoms with Crippen LogP contribution in [0.5, 0.6) is 0 Å². The highest BCUT2D eigenvalue weighted by Gasteiger charge is 2.44. The van der Waals surface area contributed by atoms with Crippen molar-refractivity contribution in [2.24, 2.45) is 11.0 Å². The molecule has 1 fully saturated rings. The largest absolute Gasteiger partial charge is 0.277 e. The molecule has 1 aliphatic heterocycles. The van der Waals surface area contributed by atoms with Crippen LogP contribution in [0.4, 0.5) is 17.6 Å². The number of rotatable bonds is 3. The van der Waals surface area contributed by atoms with E-state index in [4.69, 9.17) is 0 Å². The van der Waals surface area contributed by atoms with Gasteiger partial charge in [0.2, 0.25) is 0 Å². The molecule has 1 heterocycles. The van der Waals surface area contributed by atoms with Crippen LogP contribution in [0.15, 0.2) is 77.4 Å². The molecule has 0 aromatic heterocycles. The number of nitrogens with zero attached hydrogens (tertiary/aromatic N) is 2. The van der Waals surface area contributed by atoms with Crippen molar-refractivity contribution >= 4 is 17.7 Å². The van der Waals surface area contributed by atoms with Gasteiger partial charge in [-0.2, -0.15) is 5.10 Å². The Bertz CT molecular complexity index is 1310. The van der Waals surface area contributed by atoms with Gasteiger partial charge in [-0.25, -0.2) is 22.6 Å². The van der Waals surface area contributed by atoms with Crippen LogP contribution in [0.3, 0.4) is 0 Å². The van der Waals surface area contributed by atoms with Crippen LogP contribution in [-0.2, 0) is 0 Å². The van der Waals surface area contributed by atoms with E-state index in [1.807, 2.05) is 66.7 Å². The highest BCUT2D eigenvalue weighted by Crippen LogP contribution is 2.45. The Morgan fingerprint density at radius 1 is 0.912 bits per heavy atom. The summed E-state index contributed by atoms with van der Waals surface area (Å²) in [5.74, 6) is -8.53. The van der Waals surface area contributed by atoms with Gasteiger partial charge in [-0.05, 0) is 48.1 Å². The lowest BCUT2D eigenvalue weighted by Crippen LogP contribution is -2.32. The number of benzene rings is 3. The summed E-state index contributed by atoms with van der Waals surface area (Å²) in [6.45, 7) is 0. The minimum Gasteiger partial charge on any atom is -0.267 e. The first-order valence-electron chi connectivity index (χ1n) is 11.0. The molecule has 0 bridgehead atoms. The predicted molar refractivity (Wildman–Crippen MR) is 121 cm³/mol. The van der Waals surface area contributed by atoms with Crippen LogP contribution in [-0.4, -0.2) is 16.6 Å². The number of halogens is 4. The molecule has 1 saturated carbocycles. The van der Waals surface area contributed by atoms with Gasteiger partial charge in [-0.1, -0.05) is 60.7 Å². The number of hydrogen-bond donors (Lipinski definition) is 0. The maximum Gasteiger partial charge on any atom is 0.277 e. The monoisotopic (exact) mass is 464 g/mol. The second kappa shape index (κ2) is 8.89. The highest BCUT2D eigenvalue weighted by molar-refractivity contribution is 6.09. The van der Waals surface area contributed by atoms with E-state index in [2.05, 4.69) is 5.10 Å². The number of hydrogen-bond acceptors (Lipinski definition) is 2. The van der Waals surface area contributed by atoms with Crippen LogP contribution >= 0.6 is 0 Å². The second-order valence-electron chi connectivity index (χ2n) is 8.42. The number of carbonyl (C=O) groups excluding carboxylic acids is 1. The molecule has 0 saturated heterocycles. The Morgan fingerprint density at radius 3 is 2.29 bits per heavy atom. The minimum atomic E-state index is -2.02. The van der Waals surface area contributed by atoms with Crippen molar-refractivity contribution in [3.8, 4) is 0 Å². The molecule has 2 aliphatic rings. The SMILES string of the molecule is O=C(c1cc(F)c(F)c(F)c1F)N1N=C2/C(=C\c3ccccc3)CCC[C@H]2[C@H]1c1ccccc1. The maximum absolute atomic E-state index is 14.5. The molecule has 0 unspecified atom stereocenters. The van der Waals surface area contributed by atoms with E-state index < -0.39 is 40.8 Å². The topological polar surface area (TPSA) is 32.7 Å². The smallest absolute Gasteiger partial charge is 0.267 e. The van der Waals surface area contributed by atoms with Crippen molar-refractivity contribution in [2.45, 2.75) is 25.3 Å². The number of amides is 1. The average molecular weight is 464 g/mol. The fourth-order valence-electron chi connectivity index (χ4n) is 4.75. The Balaban J connectivity index is 1.62. The number of fused-ring (bicyclic) bond motifs is 1. The summed E-state index contributed by atoms with van der Waals surface area (Å²) in [4.78, 5) is 13.4. The third-order valence-electron chi connectivity index (χ3n) is 6.32. The molecule has 5 rings (SSSR count). The van der Waals surface area contributed by atoms with Gasteiger partial charge in [0.15, 0.2) is 23.3 Å². The number of allylic oxidation sites excluding steroid dienone is 1. The van der Waals surface area contributed by atoms with Crippen LogP contribution in [0, 0.1) is 29.2 Å². The van der Waals surface area contributed by atoms with Gasteiger partial charge in [0.1, 0.15) is 0 Å². The zero-order chi connectivity index (χ0) is 23.8. The maximum atomic E-state index is 14.5. The molecule has 1 amide bonds. The fourth-order valence-corrected chi connectivity index (χ4v) is 4.75. The number of carbonyl (C=O) groups is 1. The van der Waals surface area contributed by atoms with Crippen LogP contribution in [0.2, 0.25) is 0 Å². The lowest BCUT2D eigenvalue weighted by Gasteiger charge is -2.29. The molecule has 3 nitrogen and oxygen atoms in total. The van der Waals surface area contributed by atoms with Crippen molar-refractivity contribution < 1.29 is 22.4 Å². The van der Waals surface area contributed by atoms with Gasteiger partial charge < -0.3 is 0 Å². The van der Waals surface area contributed by atoms with E-state index >= 15 is 0 Å². The lowest BCUT2D eigenvalue weighted by molar-refractivity contribution is 0.0673. The predicted octanol–water partition coefficient (Wildman–Crippen LogP) is 6.68. The molecule has 3 aromatic carbocycles. The summed E-state index contributed by atoms with van der Waals surface area (Å²) >= 11 is 0. The highest BCUT2D eigenvalue weighted by atomic mass is 19.2. The van der Waals surface area contributed by atoms with E-state index in [1.54, 1.807) is 0 Å². The quantitative estimate of drug-likeness (QED) is 0.242. The first-order chi connectivity index (χ1) is 16.5. The van der Waals surface area contributed by atoms with E-state index in [-0.39, 0.29) is 5.92 Å². The fraction of sp³-hybridized carbons (Fsp3) is 0.185. The zero-order valence-corrected chi connectivity index (χ0v) is 18.0. The van der Waals surface area contributed by atoms with Gasteiger partial charge in [0.05, 0.1) is 17.3 Å². The average Bonchev–Trinajstić information content (AvgIpc) is 3.26. The summed E-state index contributed by atoms with van der Waals surface area (Å²) in [7, 11) is 0. The number of hydrazone groups is 1. The third-order valence-corrected chi connectivity index (χ3v) is 6.32. The second-order valence-corrected chi connectivity index (χ2v) is 8.42. The molecule has 1 aliphatic carbocycles. The van der Waals surface area contributed by atoms with Gasteiger partial charge in [0.25, 0.3) is 5.91 Å². The normalized spacial score (nSPS) is 20.9. The van der Waals surface area contributed by atoms with Crippen LogP contribution in [0.1, 0.15) is 46.8 Å². The Kier molecular flexibility index (Phi) is 5.77. The molecule has 3 aromatic rings. The van der Waals surface area contributed by atoms with Crippen LogP contribution < -0.4 is 0 Å². The van der Waals surface area contributed by atoms with Gasteiger partial charge in [-0.3, -0.25) is 4.79 Å². The molecular formula is C27H20F4N2O. The van der Waals surface area contributed by atoms with E-state index in [1.165, 1.54) is 0 Å². The molecule has 2 atom stereocenters.